The van der Waals surface area contributed by atoms with Crippen molar-refractivity contribution in [1.29, 1.82) is 0 Å². The Hall–Kier alpha value is -0.950. The van der Waals surface area contributed by atoms with Crippen molar-refractivity contribution in [3.63, 3.8) is 0 Å². The Morgan fingerprint density at radius 3 is 2.87 bits per heavy atom. The highest BCUT2D eigenvalue weighted by Gasteiger charge is 2.41. The Morgan fingerprint density at radius 1 is 1.13 bits per heavy atom. The van der Waals surface area contributed by atoms with E-state index in [4.69, 9.17) is 0 Å². The van der Waals surface area contributed by atoms with Crippen molar-refractivity contribution in [2.75, 3.05) is 0 Å². The minimum atomic E-state index is -0.217. The number of aliphatic hydroxyl groups is 1. The molecule has 2 aliphatic carbocycles. The number of benzene rings is 1. The lowest BCUT2D eigenvalue weighted by molar-refractivity contribution is 0.0910. The number of fused-ring (bicyclic) bond motifs is 3. The number of rotatable bonds is 0. The molecule has 0 amide bonds. The summed E-state index contributed by atoms with van der Waals surface area (Å²) in [6.45, 7) is 0. The van der Waals surface area contributed by atoms with Crippen LogP contribution in [0.2, 0.25) is 0 Å². The minimum absolute atomic E-state index is 0.217. The predicted octanol–water partition coefficient (Wildman–Crippen LogP) is 2.89. The first-order chi connectivity index (χ1) is 7.36. The largest absolute Gasteiger partial charge is 0.376 e. The molecule has 15 heavy (non-hydrogen) atoms. The summed E-state index contributed by atoms with van der Waals surface area (Å²) in [4.78, 5) is 0. The Morgan fingerprint density at radius 2 is 1.93 bits per heavy atom. The van der Waals surface area contributed by atoms with Crippen molar-refractivity contribution in [3.05, 3.63) is 41.8 Å². The van der Waals surface area contributed by atoms with Crippen LogP contribution in [-0.4, -0.2) is 11.2 Å². The molecule has 2 aliphatic rings. The SMILES string of the molecule is O[C@@H]1[CH+]c2ccccc2[C@@H]2CCCC[C@@H]12. The zero-order valence-electron chi connectivity index (χ0n) is 8.89. The second kappa shape index (κ2) is 3.57. The first-order valence-corrected chi connectivity index (χ1v) is 5.98. The highest BCUT2D eigenvalue weighted by molar-refractivity contribution is 5.40. The maximum Gasteiger partial charge on any atom is 0.135 e. The lowest BCUT2D eigenvalue weighted by Crippen LogP contribution is -2.34. The fourth-order valence-electron chi connectivity index (χ4n) is 3.26. The molecule has 1 saturated carbocycles. The van der Waals surface area contributed by atoms with Gasteiger partial charge in [0.25, 0.3) is 0 Å². The summed E-state index contributed by atoms with van der Waals surface area (Å²) >= 11 is 0. The van der Waals surface area contributed by atoms with Crippen molar-refractivity contribution >= 4 is 0 Å². The van der Waals surface area contributed by atoms with E-state index in [1.165, 1.54) is 36.8 Å². The van der Waals surface area contributed by atoms with Crippen LogP contribution in [0.4, 0.5) is 0 Å². The van der Waals surface area contributed by atoms with Crippen molar-refractivity contribution < 1.29 is 5.11 Å². The summed E-state index contributed by atoms with van der Waals surface area (Å²) in [5.41, 5.74) is 2.72. The van der Waals surface area contributed by atoms with Crippen LogP contribution in [0, 0.1) is 12.3 Å². The first-order valence-electron chi connectivity index (χ1n) is 5.98. The first kappa shape index (κ1) is 9.29. The molecule has 0 bridgehead atoms. The van der Waals surface area contributed by atoms with E-state index in [-0.39, 0.29) is 6.10 Å². The van der Waals surface area contributed by atoms with Crippen LogP contribution in [0.5, 0.6) is 0 Å². The second-order valence-corrected chi connectivity index (χ2v) is 4.84. The maximum absolute atomic E-state index is 10.1. The van der Waals surface area contributed by atoms with Gasteiger partial charge in [-0.15, -0.1) is 0 Å². The molecule has 1 aromatic carbocycles. The zero-order chi connectivity index (χ0) is 10.3. The molecule has 0 unspecified atom stereocenters. The van der Waals surface area contributed by atoms with Crippen molar-refractivity contribution in [2.45, 2.75) is 37.7 Å². The molecule has 0 aliphatic heterocycles. The molecule has 1 fully saturated rings. The molecular formula is C14H17O+. The lowest BCUT2D eigenvalue weighted by Gasteiger charge is -2.35. The fourth-order valence-corrected chi connectivity index (χ4v) is 3.26. The Balaban J connectivity index is 2.02. The van der Waals surface area contributed by atoms with Crippen molar-refractivity contribution in [2.24, 2.45) is 5.92 Å². The molecule has 3 atom stereocenters. The lowest BCUT2D eigenvalue weighted by atomic mass is 9.67. The quantitative estimate of drug-likeness (QED) is 0.640. The van der Waals surface area contributed by atoms with Crippen LogP contribution in [0.1, 0.15) is 42.7 Å². The Bertz CT molecular complexity index is 358. The summed E-state index contributed by atoms with van der Waals surface area (Å²) in [5, 5.41) is 10.1. The topological polar surface area (TPSA) is 20.2 Å². The van der Waals surface area contributed by atoms with Gasteiger partial charge in [-0.1, -0.05) is 12.8 Å². The highest BCUT2D eigenvalue weighted by atomic mass is 16.3. The normalized spacial score (nSPS) is 33.8. The molecule has 1 N–H and O–H groups in total. The number of aliphatic hydroxyl groups excluding tert-OH is 1. The average molecular weight is 201 g/mol. The third kappa shape index (κ3) is 1.46. The highest BCUT2D eigenvalue weighted by Crippen LogP contribution is 2.45. The van der Waals surface area contributed by atoms with Gasteiger partial charge >= 0.3 is 0 Å². The van der Waals surface area contributed by atoms with Gasteiger partial charge in [0.05, 0.1) is 12.0 Å². The van der Waals surface area contributed by atoms with Crippen LogP contribution in [-0.2, 0) is 0 Å². The number of hydrogen-bond donors (Lipinski definition) is 1. The maximum atomic E-state index is 10.1. The van der Waals surface area contributed by atoms with Crippen LogP contribution < -0.4 is 0 Å². The van der Waals surface area contributed by atoms with Crippen LogP contribution >= 0.6 is 0 Å². The third-order valence-electron chi connectivity index (χ3n) is 4.00. The minimum Gasteiger partial charge on any atom is -0.376 e. The summed E-state index contributed by atoms with van der Waals surface area (Å²) in [5.74, 6) is 1.09. The summed E-state index contributed by atoms with van der Waals surface area (Å²) in [7, 11) is 0. The Labute approximate surface area is 91.1 Å². The molecule has 0 saturated heterocycles. The summed E-state index contributed by atoms with van der Waals surface area (Å²) in [6.07, 6.45) is 6.88. The van der Waals surface area contributed by atoms with E-state index in [9.17, 15) is 5.11 Å². The smallest absolute Gasteiger partial charge is 0.135 e. The number of hydrogen-bond acceptors (Lipinski definition) is 1. The molecule has 0 spiro atoms. The van der Waals surface area contributed by atoms with Gasteiger partial charge in [0, 0.05) is 17.9 Å². The molecular weight excluding hydrogens is 184 g/mol. The van der Waals surface area contributed by atoms with Crippen LogP contribution in [0.25, 0.3) is 0 Å². The third-order valence-corrected chi connectivity index (χ3v) is 4.00. The molecule has 1 heteroatoms. The van der Waals surface area contributed by atoms with Gasteiger partial charge in [-0.25, -0.2) is 0 Å². The van der Waals surface area contributed by atoms with Crippen LogP contribution in [0.3, 0.4) is 0 Å². The monoisotopic (exact) mass is 201 g/mol. The van der Waals surface area contributed by atoms with E-state index in [0.717, 1.165) is 0 Å². The molecule has 1 nitrogen and oxygen atoms in total. The standard InChI is InChI=1S/C14H17O/c15-14-9-10-5-1-2-6-11(10)12-7-3-4-8-13(12)14/h1-2,5-6,9,12-15H,3-4,7-8H2/q+1/t12-,13+,14+/m0/s1. The molecule has 1 aromatic rings. The Kier molecular flexibility index (Phi) is 2.21. The summed E-state index contributed by atoms with van der Waals surface area (Å²) in [6, 6.07) is 8.55. The molecule has 78 valence electrons. The average Bonchev–Trinajstić information content (AvgIpc) is 2.30. The fraction of sp³-hybridized carbons (Fsp3) is 0.500. The second-order valence-electron chi connectivity index (χ2n) is 4.84. The van der Waals surface area contributed by atoms with Gasteiger partial charge in [0.2, 0.25) is 0 Å². The van der Waals surface area contributed by atoms with Gasteiger partial charge in [-0.05, 0) is 31.0 Å². The van der Waals surface area contributed by atoms with E-state index in [0.29, 0.717) is 11.8 Å². The predicted molar refractivity (Wildman–Crippen MR) is 60.5 cm³/mol. The van der Waals surface area contributed by atoms with E-state index in [1.807, 2.05) is 6.42 Å². The van der Waals surface area contributed by atoms with E-state index >= 15 is 0 Å². The van der Waals surface area contributed by atoms with Crippen LogP contribution in [0.15, 0.2) is 24.3 Å². The van der Waals surface area contributed by atoms with Gasteiger partial charge in [-0.3, -0.25) is 0 Å². The zero-order valence-corrected chi connectivity index (χ0v) is 8.89. The van der Waals surface area contributed by atoms with Crippen molar-refractivity contribution in [1.82, 2.24) is 0 Å². The van der Waals surface area contributed by atoms with Gasteiger partial charge in [0.1, 0.15) is 11.7 Å². The van der Waals surface area contributed by atoms with E-state index in [1.54, 1.807) is 0 Å². The summed E-state index contributed by atoms with van der Waals surface area (Å²) < 4.78 is 0. The van der Waals surface area contributed by atoms with E-state index in [2.05, 4.69) is 24.3 Å². The van der Waals surface area contributed by atoms with Gasteiger partial charge < -0.3 is 5.11 Å². The molecule has 3 rings (SSSR count). The van der Waals surface area contributed by atoms with Crippen molar-refractivity contribution in [3.8, 4) is 0 Å². The molecule has 0 heterocycles. The molecule has 0 radical (unpaired) electrons. The molecule has 0 aromatic heterocycles. The van der Waals surface area contributed by atoms with E-state index < -0.39 is 0 Å². The van der Waals surface area contributed by atoms with Gasteiger partial charge in [-0.2, -0.15) is 0 Å². The van der Waals surface area contributed by atoms with Gasteiger partial charge in [0.15, 0.2) is 0 Å².